The van der Waals surface area contributed by atoms with Crippen LogP contribution in [0, 0.1) is 11.6 Å². The lowest BCUT2D eigenvalue weighted by atomic mass is 10.1. The largest absolute Gasteiger partial charge is 0.394 e. The molecule has 0 saturated carbocycles. The Bertz CT molecular complexity index is 597. The summed E-state index contributed by atoms with van der Waals surface area (Å²) >= 11 is 0. The third-order valence-corrected chi connectivity index (χ3v) is 3.12. The highest BCUT2D eigenvalue weighted by atomic mass is 19.1. The van der Waals surface area contributed by atoms with E-state index in [2.05, 4.69) is 5.32 Å². The first-order valence-corrected chi connectivity index (χ1v) is 6.50. The first-order valence-electron chi connectivity index (χ1n) is 6.50. The van der Waals surface area contributed by atoms with Crippen molar-refractivity contribution in [1.82, 2.24) is 5.32 Å². The number of aliphatic hydroxyl groups is 1. The number of benzene rings is 2. The molecule has 2 N–H and O–H groups in total. The van der Waals surface area contributed by atoms with Crippen molar-refractivity contribution < 1.29 is 18.7 Å². The first-order chi connectivity index (χ1) is 10.1. The second kappa shape index (κ2) is 6.95. The van der Waals surface area contributed by atoms with Gasteiger partial charge in [-0.05, 0) is 17.7 Å². The number of nitrogens with one attached hydrogen (secondary N) is 1. The molecule has 2 aromatic rings. The summed E-state index contributed by atoms with van der Waals surface area (Å²) in [5, 5.41) is 11.9. The van der Waals surface area contributed by atoms with Gasteiger partial charge in [-0.25, -0.2) is 8.78 Å². The number of hydrogen-bond acceptors (Lipinski definition) is 2. The zero-order chi connectivity index (χ0) is 15.2. The van der Waals surface area contributed by atoms with Crippen molar-refractivity contribution in [2.24, 2.45) is 0 Å². The summed E-state index contributed by atoms with van der Waals surface area (Å²) in [5.74, 6) is -2.07. The van der Waals surface area contributed by atoms with Crippen LogP contribution in [0.25, 0.3) is 0 Å². The zero-order valence-corrected chi connectivity index (χ0v) is 11.2. The highest BCUT2D eigenvalue weighted by molar-refractivity contribution is 5.79. The van der Waals surface area contributed by atoms with Gasteiger partial charge in [0.25, 0.3) is 0 Å². The Morgan fingerprint density at radius 1 is 1.05 bits per heavy atom. The van der Waals surface area contributed by atoms with Gasteiger partial charge in [-0.2, -0.15) is 0 Å². The lowest BCUT2D eigenvalue weighted by Gasteiger charge is -2.17. The minimum absolute atomic E-state index is 0.278. The summed E-state index contributed by atoms with van der Waals surface area (Å²) in [7, 11) is 0. The lowest BCUT2D eigenvalue weighted by molar-refractivity contribution is -0.121. The van der Waals surface area contributed by atoms with Gasteiger partial charge in [-0.3, -0.25) is 4.79 Å². The summed E-state index contributed by atoms with van der Waals surface area (Å²) in [5.41, 5.74) is 0.446. The van der Waals surface area contributed by atoms with Crippen LogP contribution in [-0.2, 0) is 11.2 Å². The van der Waals surface area contributed by atoms with Gasteiger partial charge in [0, 0.05) is 5.56 Å². The van der Waals surface area contributed by atoms with Crippen LogP contribution in [0.2, 0.25) is 0 Å². The molecular weight excluding hydrogens is 276 g/mol. The molecule has 2 aromatic carbocycles. The highest BCUT2D eigenvalue weighted by Crippen LogP contribution is 2.15. The number of halogens is 2. The molecule has 0 saturated heterocycles. The van der Waals surface area contributed by atoms with E-state index in [0.717, 1.165) is 17.7 Å². The Hall–Kier alpha value is -2.27. The molecule has 1 atom stereocenters. The van der Waals surface area contributed by atoms with Gasteiger partial charge in [-0.1, -0.05) is 36.4 Å². The fourth-order valence-corrected chi connectivity index (χ4v) is 2.03. The highest BCUT2D eigenvalue weighted by Gasteiger charge is 2.17. The van der Waals surface area contributed by atoms with Crippen LogP contribution in [-0.4, -0.2) is 17.6 Å². The molecule has 0 aliphatic rings. The maximum atomic E-state index is 13.5. The summed E-state index contributed by atoms with van der Waals surface area (Å²) in [6.07, 6.45) is -0.415. The van der Waals surface area contributed by atoms with Crippen molar-refractivity contribution in [3.8, 4) is 0 Å². The molecule has 2 rings (SSSR count). The second-order valence-electron chi connectivity index (χ2n) is 4.59. The number of rotatable bonds is 5. The van der Waals surface area contributed by atoms with E-state index in [1.54, 1.807) is 24.3 Å². The minimum Gasteiger partial charge on any atom is -0.394 e. The molecule has 0 aromatic heterocycles. The standard InChI is InChI=1S/C16H15F2NO2/c17-13-7-4-8-14(18)12(13)9-16(21)19-15(10-20)11-5-2-1-3-6-11/h1-8,15,20H,9-10H2,(H,19,21). The molecule has 0 heterocycles. The Morgan fingerprint density at radius 2 is 1.67 bits per heavy atom. The smallest absolute Gasteiger partial charge is 0.225 e. The van der Waals surface area contributed by atoms with E-state index in [0.29, 0.717) is 0 Å². The quantitative estimate of drug-likeness (QED) is 0.888. The molecule has 0 aliphatic heterocycles. The molecule has 0 fully saturated rings. The number of amides is 1. The topological polar surface area (TPSA) is 49.3 Å². The zero-order valence-electron chi connectivity index (χ0n) is 11.2. The summed E-state index contributed by atoms with van der Waals surface area (Å²) < 4.78 is 27.0. The van der Waals surface area contributed by atoms with Gasteiger partial charge in [0.15, 0.2) is 0 Å². The van der Waals surface area contributed by atoms with E-state index in [-0.39, 0.29) is 12.2 Å². The molecule has 21 heavy (non-hydrogen) atoms. The number of carbonyl (C=O) groups is 1. The van der Waals surface area contributed by atoms with Crippen molar-refractivity contribution in [3.63, 3.8) is 0 Å². The van der Waals surface area contributed by atoms with E-state index >= 15 is 0 Å². The fraction of sp³-hybridized carbons (Fsp3) is 0.188. The van der Waals surface area contributed by atoms with Crippen LogP contribution >= 0.6 is 0 Å². The summed E-state index contributed by atoms with van der Waals surface area (Å²) in [6.45, 7) is -0.296. The monoisotopic (exact) mass is 291 g/mol. The van der Waals surface area contributed by atoms with E-state index < -0.39 is 30.0 Å². The molecule has 0 radical (unpaired) electrons. The third-order valence-electron chi connectivity index (χ3n) is 3.12. The Balaban J connectivity index is 2.07. The van der Waals surface area contributed by atoms with Crippen LogP contribution in [0.3, 0.4) is 0 Å². The maximum Gasteiger partial charge on any atom is 0.225 e. The van der Waals surface area contributed by atoms with E-state index in [9.17, 15) is 18.7 Å². The predicted octanol–water partition coefficient (Wildman–Crippen LogP) is 2.36. The van der Waals surface area contributed by atoms with E-state index in [4.69, 9.17) is 0 Å². The van der Waals surface area contributed by atoms with Crippen molar-refractivity contribution >= 4 is 5.91 Å². The molecule has 3 nitrogen and oxygen atoms in total. The Labute approximate surface area is 121 Å². The average Bonchev–Trinajstić information content (AvgIpc) is 2.49. The molecule has 110 valence electrons. The summed E-state index contributed by atoms with van der Waals surface area (Å²) in [4.78, 5) is 11.9. The second-order valence-corrected chi connectivity index (χ2v) is 4.59. The summed E-state index contributed by atoms with van der Waals surface area (Å²) in [6, 6.07) is 11.7. The molecule has 1 amide bonds. The normalized spacial score (nSPS) is 12.0. The van der Waals surface area contributed by atoms with Crippen molar-refractivity contribution in [2.75, 3.05) is 6.61 Å². The maximum absolute atomic E-state index is 13.5. The van der Waals surface area contributed by atoms with E-state index in [1.165, 1.54) is 6.07 Å². The van der Waals surface area contributed by atoms with Crippen molar-refractivity contribution in [2.45, 2.75) is 12.5 Å². The molecule has 0 bridgehead atoms. The van der Waals surface area contributed by atoms with Crippen LogP contribution in [0.1, 0.15) is 17.2 Å². The SMILES string of the molecule is O=C(Cc1c(F)cccc1F)NC(CO)c1ccccc1. The van der Waals surface area contributed by atoms with Gasteiger partial charge < -0.3 is 10.4 Å². The number of aliphatic hydroxyl groups excluding tert-OH is 1. The first kappa shape index (κ1) is 15.1. The van der Waals surface area contributed by atoms with Crippen molar-refractivity contribution in [1.29, 1.82) is 0 Å². The van der Waals surface area contributed by atoms with Crippen LogP contribution in [0.15, 0.2) is 48.5 Å². The Morgan fingerprint density at radius 3 is 2.24 bits per heavy atom. The van der Waals surface area contributed by atoms with Gasteiger partial charge >= 0.3 is 0 Å². The molecule has 0 spiro atoms. The van der Waals surface area contributed by atoms with Gasteiger partial charge in [-0.15, -0.1) is 0 Å². The average molecular weight is 291 g/mol. The molecule has 1 unspecified atom stereocenters. The molecular formula is C16H15F2NO2. The lowest BCUT2D eigenvalue weighted by Crippen LogP contribution is -2.32. The number of carbonyl (C=O) groups excluding carboxylic acids is 1. The molecule has 0 aliphatic carbocycles. The Kier molecular flexibility index (Phi) is 5.00. The van der Waals surface area contributed by atoms with Gasteiger partial charge in [0.05, 0.1) is 19.1 Å². The van der Waals surface area contributed by atoms with Crippen LogP contribution in [0.5, 0.6) is 0 Å². The predicted molar refractivity (Wildman–Crippen MR) is 74.5 cm³/mol. The van der Waals surface area contributed by atoms with Crippen molar-refractivity contribution in [3.05, 3.63) is 71.3 Å². The van der Waals surface area contributed by atoms with Crippen LogP contribution in [0.4, 0.5) is 8.78 Å². The minimum atomic E-state index is -0.759. The molecule has 5 heteroatoms. The van der Waals surface area contributed by atoms with Crippen LogP contribution < -0.4 is 5.32 Å². The number of hydrogen-bond donors (Lipinski definition) is 2. The third kappa shape index (κ3) is 3.86. The van der Waals surface area contributed by atoms with E-state index in [1.807, 2.05) is 6.07 Å². The van der Waals surface area contributed by atoms with Gasteiger partial charge in [0.2, 0.25) is 5.91 Å². The fourth-order valence-electron chi connectivity index (χ4n) is 2.03. The van der Waals surface area contributed by atoms with Gasteiger partial charge in [0.1, 0.15) is 11.6 Å².